The Bertz CT molecular complexity index is 1240. The summed E-state index contributed by atoms with van der Waals surface area (Å²) in [5.41, 5.74) is 0. The summed E-state index contributed by atoms with van der Waals surface area (Å²) in [5, 5.41) is 72.0. The Morgan fingerprint density at radius 1 is 0.456 bits per heavy atom. The molecule has 68 heavy (non-hydrogen) atoms. The molecule has 0 saturated carbocycles. The topological polar surface area (TPSA) is 231 Å². The molecule has 15 heteroatoms. The zero-order valence-corrected chi connectivity index (χ0v) is 42.4. The summed E-state index contributed by atoms with van der Waals surface area (Å²) < 4.78 is 33.6. The number of aliphatic hydroxyl groups is 7. The zero-order valence-electron chi connectivity index (χ0n) is 42.4. The highest BCUT2D eigenvalue weighted by Crippen LogP contribution is 2.27. The molecule has 400 valence electrons. The Kier molecular flexibility index (Phi) is 37.4. The van der Waals surface area contributed by atoms with Crippen molar-refractivity contribution in [3.63, 3.8) is 0 Å². The third kappa shape index (κ3) is 28.3. The van der Waals surface area contributed by atoms with Crippen LogP contribution in [0.3, 0.4) is 0 Å². The van der Waals surface area contributed by atoms with Gasteiger partial charge in [0.1, 0.15) is 55.4 Å². The lowest BCUT2D eigenvalue weighted by Gasteiger charge is -2.42. The predicted molar refractivity (Wildman–Crippen MR) is 261 cm³/mol. The molecule has 15 nitrogen and oxygen atoms in total. The lowest BCUT2D eigenvalue weighted by atomic mass is 9.98. The first kappa shape index (κ1) is 62.4. The standard InChI is InChI=1S/C53H98O15/c1-3-5-7-9-11-13-15-16-17-18-19-20-21-22-23-24-25-26-28-29-31-33-35-44(55)63-38-41(66-45(56)36-34-32-30-27-14-12-10-8-6-4-2)39-64-52-51(62)49(60)47(58)43(68-52)40-65-53-50(61)48(59)46(57)42(37-54)67-53/h8,10,41-43,46-54,57-62H,3-7,9,11-40H2,1-2H3/b10-8-. The predicted octanol–water partition coefficient (Wildman–Crippen LogP) is 8.16. The molecule has 7 N–H and O–H groups in total. The highest BCUT2D eigenvalue weighted by Gasteiger charge is 2.47. The summed E-state index contributed by atoms with van der Waals surface area (Å²) in [6.07, 6.45) is 24.1. The Morgan fingerprint density at radius 2 is 0.868 bits per heavy atom. The van der Waals surface area contributed by atoms with Gasteiger partial charge in [-0.2, -0.15) is 0 Å². The van der Waals surface area contributed by atoms with Gasteiger partial charge in [0, 0.05) is 12.8 Å². The van der Waals surface area contributed by atoms with Crippen molar-refractivity contribution in [2.75, 3.05) is 26.4 Å². The van der Waals surface area contributed by atoms with E-state index in [0.717, 1.165) is 64.2 Å². The average molecular weight is 975 g/mol. The molecule has 0 radical (unpaired) electrons. The molecule has 2 aliphatic heterocycles. The van der Waals surface area contributed by atoms with E-state index in [9.17, 15) is 45.3 Å². The van der Waals surface area contributed by atoms with E-state index in [1.807, 2.05) is 0 Å². The number of allylic oxidation sites excluding steroid dienone is 2. The van der Waals surface area contributed by atoms with Crippen molar-refractivity contribution in [3.05, 3.63) is 12.2 Å². The Morgan fingerprint density at radius 3 is 1.35 bits per heavy atom. The molecule has 0 aromatic carbocycles. The number of rotatable bonds is 43. The van der Waals surface area contributed by atoms with E-state index in [-0.39, 0.29) is 26.1 Å². The van der Waals surface area contributed by atoms with Crippen LogP contribution in [0.25, 0.3) is 0 Å². The van der Waals surface area contributed by atoms with Crippen LogP contribution in [0.4, 0.5) is 0 Å². The van der Waals surface area contributed by atoms with Crippen LogP contribution >= 0.6 is 0 Å². The number of carbonyl (C=O) groups is 2. The normalized spacial score (nSPS) is 25.8. The fraction of sp³-hybridized carbons (Fsp3) is 0.925. The molecule has 11 unspecified atom stereocenters. The number of hydrogen-bond donors (Lipinski definition) is 7. The Hall–Kier alpha value is -1.76. The zero-order chi connectivity index (χ0) is 49.6. The van der Waals surface area contributed by atoms with E-state index in [2.05, 4.69) is 26.0 Å². The smallest absolute Gasteiger partial charge is 0.306 e. The molecule has 2 rings (SSSR count). The quantitative estimate of drug-likeness (QED) is 0.0174. The van der Waals surface area contributed by atoms with Gasteiger partial charge in [0.15, 0.2) is 18.7 Å². The van der Waals surface area contributed by atoms with Crippen LogP contribution in [-0.2, 0) is 38.0 Å². The lowest BCUT2D eigenvalue weighted by Crippen LogP contribution is -2.61. The molecule has 0 aromatic rings. The number of ether oxygens (including phenoxy) is 6. The van der Waals surface area contributed by atoms with Crippen molar-refractivity contribution < 1.29 is 73.8 Å². The maximum absolute atomic E-state index is 12.9. The van der Waals surface area contributed by atoms with Gasteiger partial charge in [-0.05, 0) is 32.1 Å². The molecule has 2 aliphatic rings. The van der Waals surface area contributed by atoms with Crippen molar-refractivity contribution in [1.82, 2.24) is 0 Å². The summed E-state index contributed by atoms with van der Waals surface area (Å²) in [5.74, 6) is -0.926. The van der Waals surface area contributed by atoms with Gasteiger partial charge in [-0.25, -0.2) is 0 Å². The molecular weight excluding hydrogens is 877 g/mol. The van der Waals surface area contributed by atoms with Crippen LogP contribution in [0.5, 0.6) is 0 Å². The highest BCUT2D eigenvalue weighted by molar-refractivity contribution is 5.70. The third-order valence-electron chi connectivity index (χ3n) is 13.2. The maximum Gasteiger partial charge on any atom is 0.306 e. The van der Waals surface area contributed by atoms with Gasteiger partial charge in [-0.15, -0.1) is 0 Å². The molecular formula is C53H98O15. The first-order valence-corrected chi connectivity index (χ1v) is 27.3. The van der Waals surface area contributed by atoms with Crippen molar-refractivity contribution in [1.29, 1.82) is 0 Å². The van der Waals surface area contributed by atoms with Crippen molar-refractivity contribution in [2.45, 2.75) is 287 Å². The highest BCUT2D eigenvalue weighted by atomic mass is 16.7. The molecule has 2 fully saturated rings. The second kappa shape index (κ2) is 40.8. The molecule has 0 spiro atoms. The van der Waals surface area contributed by atoms with Gasteiger partial charge in [0.2, 0.25) is 0 Å². The molecule has 0 amide bonds. The molecule has 0 aliphatic carbocycles. The first-order chi connectivity index (χ1) is 33.0. The molecule has 0 bridgehead atoms. The van der Waals surface area contributed by atoms with Gasteiger partial charge < -0.3 is 64.2 Å². The van der Waals surface area contributed by atoms with Crippen molar-refractivity contribution in [3.8, 4) is 0 Å². The van der Waals surface area contributed by atoms with E-state index in [0.29, 0.717) is 12.8 Å². The minimum absolute atomic E-state index is 0.158. The van der Waals surface area contributed by atoms with Crippen LogP contribution in [-0.4, -0.2) is 142 Å². The summed E-state index contributed by atoms with van der Waals surface area (Å²) in [6, 6.07) is 0. The van der Waals surface area contributed by atoms with E-state index >= 15 is 0 Å². The summed E-state index contributed by atoms with van der Waals surface area (Å²) in [4.78, 5) is 25.7. The number of hydrogen-bond acceptors (Lipinski definition) is 15. The van der Waals surface area contributed by atoms with Gasteiger partial charge in [-0.1, -0.05) is 187 Å². The second-order valence-electron chi connectivity index (χ2n) is 19.4. The number of unbranched alkanes of at least 4 members (excludes halogenated alkanes) is 27. The van der Waals surface area contributed by atoms with Gasteiger partial charge >= 0.3 is 11.9 Å². The minimum Gasteiger partial charge on any atom is -0.462 e. The van der Waals surface area contributed by atoms with E-state index in [4.69, 9.17) is 28.4 Å². The molecule has 11 atom stereocenters. The van der Waals surface area contributed by atoms with Crippen LogP contribution in [0, 0.1) is 0 Å². The number of aliphatic hydroxyl groups excluding tert-OH is 7. The summed E-state index contributed by atoms with van der Waals surface area (Å²) in [7, 11) is 0. The molecule has 2 saturated heterocycles. The molecule has 0 aromatic heterocycles. The van der Waals surface area contributed by atoms with Crippen LogP contribution in [0.15, 0.2) is 12.2 Å². The lowest BCUT2D eigenvalue weighted by molar-refractivity contribution is -0.332. The molecule has 2 heterocycles. The van der Waals surface area contributed by atoms with E-state index < -0.39 is 92.7 Å². The summed E-state index contributed by atoms with van der Waals surface area (Å²) >= 11 is 0. The number of esters is 2. The van der Waals surface area contributed by atoms with Crippen molar-refractivity contribution in [2.24, 2.45) is 0 Å². The van der Waals surface area contributed by atoms with E-state index in [1.165, 1.54) is 116 Å². The van der Waals surface area contributed by atoms with Crippen LogP contribution in [0.2, 0.25) is 0 Å². The number of carbonyl (C=O) groups excluding carboxylic acids is 2. The monoisotopic (exact) mass is 975 g/mol. The summed E-state index contributed by atoms with van der Waals surface area (Å²) in [6.45, 7) is 2.54. The fourth-order valence-corrected chi connectivity index (χ4v) is 8.75. The third-order valence-corrected chi connectivity index (χ3v) is 13.2. The largest absolute Gasteiger partial charge is 0.462 e. The van der Waals surface area contributed by atoms with Crippen LogP contribution < -0.4 is 0 Å². The Balaban J connectivity index is 1.71. The maximum atomic E-state index is 12.9. The SMILES string of the molecule is CCC/C=C\CCCCCCCC(=O)OC(COC(=O)CCCCCCCCCCCCCCCCCCCCCCCC)COC1OC(COC2OC(CO)C(O)C(O)C2O)C(O)C(O)C1O. The second-order valence-corrected chi connectivity index (χ2v) is 19.4. The van der Waals surface area contributed by atoms with E-state index in [1.54, 1.807) is 0 Å². The van der Waals surface area contributed by atoms with Crippen LogP contribution in [0.1, 0.15) is 219 Å². The minimum atomic E-state index is -1.76. The fourth-order valence-electron chi connectivity index (χ4n) is 8.75. The van der Waals surface area contributed by atoms with Gasteiger partial charge in [0.25, 0.3) is 0 Å². The van der Waals surface area contributed by atoms with Gasteiger partial charge in [0.05, 0.1) is 19.8 Å². The van der Waals surface area contributed by atoms with Crippen molar-refractivity contribution >= 4 is 11.9 Å². The Labute approximate surface area is 410 Å². The first-order valence-electron chi connectivity index (χ1n) is 27.3. The van der Waals surface area contributed by atoms with Gasteiger partial charge in [-0.3, -0.25) is 9.59 Å². The average Bonchev–Trinajstić information content (AvgIpc) is 3.33.